The topological polar surface area (TPSA) is 73.9 Å². The summed E-state index contributed by atoms with van der Waals surface area (Å²) >= 11 is 6.01. The predicted octanol–water partition coefficient (Wildman–Crippen LogP) is 3.17. The van der Waals surface area contributed by atoms with Gasteiger partial charge >= 0.3 is 0 Å². The molecule has 0 aromatic heterocycles. The first-order valence-electron chi connectivity index (χ1n) is 6.49. The van der Waals surface area contributed by atoms with Gasteiger partial charge in [0.25, 0.3) is 10.0 Å². The van der Waals surface area contributed by atoms with Crippen molar-refractivity contribution in [2.45, 2.75) is 4.90 Å². The normalized spacial score (nSPS) is 11.0. The maximum absolute atomic E-state index is 12.6. The van der Waals surface area contributed by atoms with Crippen molar-refractivity contribution in [3.05, 3.63) is 41.4 Å². The molecule has 0 atom stereocenters. The Morgan fingerprint density at radius 1 is 0.913 bits per heavy atom. The minimum Gasteiger partial charge on any atom is -0.497 e. The summed E-state index contributed by atoms with van der Waals surface area (Å²) in [6.07, 6.45) is 0. The number of hydrogen-bond donors (Lipinski definition) is 1. The van der Waals surface area contributed by atoms with Crippen LogP contribution in [0.5, 0.6) is 17.2 Å². The van der Waals surface area contributed by atoms with Crippen molar-refractivity contribution in [3.8, 4) is 17.2 Å². The highest BCUT2D eigenvalue weighted by molar-refractivity contribution is 7.92. The van der Waals surface area contributed by atoms with Gasteiger partial charge in [0, 0.05) is 6.07 Å². The van der Waals surface area contributed by atoms with Gasteiger partial charge in [-0.05, 0) is 30.3 Å². The second kappa shape index (κ2) is 6.97. The van der Waals surface area contributed by atoms with Crippen LogP contribution in [0.15, 0.2) is 41.3 Å². The molecule has 0 amide bonds. The molecule has 0 unspecified atom stereocenters. The minimum atomic E-state index is -3.88. The number of halogens is 1. The zero-order valence-electron chi connectivity index (χ0n) is 12.8. The van der Waals surface area contributed by atoms with Crippen LogP contribution in [-0.2, 0) is 10.0 Å². The molecule has 0 heterocycles. The van der Waals surface area contributed by atoms with Crippen LogP contribution in [0.4, 0.5) is 5.69 Å². The number of benzene rings is 2. The van der Waals surface area contributed by atoms with Crippen LogP contribution < -0.4 is 18.9 Å². The van der Waals surface area contributed by atoms with Crippen molar-refractivity contribution in [1.29, 1.82) is 0 Å². The van der Waals surface area contributed by atoms with Gasteiger partial charge in [-0.2, -0.15) is 0 Å². The lowest BCUT2D eigenvalue weighted by molar-refractivity contribution is 0.392. The Hall–Kier alpha value is -2.12. The number of methoxy groups -OCH3 is 3. The van der Waals surface area contributed by atoms with E-state index in [2.05, 4.69) is 4.72 Å². The zero-order valence-corrected chi connectivity index (χ0v) is 14.4. The SMILES string of the molecule is COc1ccc(OC)c(S(=O)(=O)Nc2ccc(OC)c(Cl)c2)c1. The van der Waals surface area contributed by atoms with E-state index in [1.54, 1.807) is 18.2 Å². The van der Waals surface area contributed by atoms with Crippen molar-refractivity contribution < 1.29 is 22.6 Å². The van der Waals surface area contributed by atoms with Gasteiger partial charge in [0.2, 0.25) is 0 Å². The lowest BCUT2D eigenvalue weighted by atomic mass is 10.3. The molecule has 0 saturated carbocycles. The first kappa shape index (κ1) is 17.2. The van der Waals surface area contributed by atoms with Crippen molar-refractivity contribution >= 4 is 27.3 Å². The highest BCUT2D eigenvalue weighted by atomic mass is 35.5. The summed E-state index contributed by atoms with van der Waals surface area (Å²) in [6.45, 7) is 0. The average molecular weight is 358 g/mol. The Bertz CT molecular complexity index is 808. The molecule has 23 heavy (non-hydrogen) atoms. The maximum atomic E-state index is 12.6. The molecule has 0 aliphatic heterocycles. The molecule has 2 aromatic carbocycles. The average Bonchev–Trinajstić information content (AvgIpc) is 2.54. The molecule has 0 saturated heterocycles. The second-order valence-electron chi connectivity index (χ2n) is 4.47. The number of nitrogens with one attached hydrogen (secondary N) is 1. The molecule has 6 nitrogen and oxygen atoms in total. The highest BCUT2D eigenvalue weighted by Crippen LogP contribution is 2.32. The number of rotatable bonds is 6. The molecule has 124 valence electrons. The summed E-state index contributed by atoms with van der Waals surface area (Å²) in [5.41, 5.74) is 0.306. The second-order valence-corrected chi connectivity index (χ2v) is 6.53. The largest absolute Gasteiger partial charge is 0.497 e. The summed E-state index contributed by atoms with van der Waals surface area (Å²) in [5.74, 6) is 1.06. The molecule has 0 spiro atoms. The van der Waals surface area contributed by atoms with Crippen molar-refractivity contribution in [3.63, 3.8) is 0 Å². The Morgan fingerprint density at radius 2 is 1.57 bits per heavy atom. The molecule has 0 aliphatic rings. The lowest BCUT2D eigenvalue weighted by Gasteiger charge is -2.13. The summed E-state index contributed by atoms with van der Waals surface area (Å²) in [7, 11) is 0.446. The van der Waals surface area contributed by atoms with Crippen LogP contribution in [0.25, 0.3) is 0 Å². The van der Waals surface area contributed by atoms with Crippen LogP contribution in [0, 0.1) is 0 Å². The van der Waals surface area contributed by atoms with Crippen LogP contribution in [0.3, 0.4) is 0 Å². The molecule has 2 rings (SSSR count). The van der Waals surface area contributed by atoms with E-state index in [0.29, 0.717) is 22.2 Å². The van der Waals surface area contributed by atoms with E-state index >= 15 is 0 Å². The molecule has 0 aliphatic carbocycles. The predicted molar refractivity (Wildman–Crippen MR) is 88.4 cm³/mol. The first-order chi connectivity index (χ1) is 10.9. The van der Waals surface area contributed by atoms with Gasteiger partial charge in [0.15, 0.2) is 0 Å². The van der Waals surface area contributed by atoms with E-state index in [0.717, 1.165) is 0 Å². The van der Waals surface area contributed by atoms with Gasteiger partial charge in [-0.1, -0.05) is 11.6 Å². The van der Waals surface area contributed by atoms with Crippen LogP contribution >= 0.6 is 11.6 Å². The monoisotopic (exact) mass is 357 g/mol. The summed E-state index contributed by atoms with van der Waals surface area (Å²) in [6, 6.07) is 9.10. The zero-order chi connectivity index (χ0) is 17.0. The van der Waals surface area contributed by atoms with E-state index in [1.165, 1.54) is 39.5 Å². The fraction of sp³-hybridized carbons (Fsp3) is 0.200. The quantitative estimate of drug-likeness (QED) is 0.859. The van der Waals surface area contributed by atoms with Crippen LogP contribution in [0.1, 0.15) is 0 Å². The van der Waals surface area contributed by atoms with E-state index in [9.17, 15) is 8.42 Å². The van der Waals surface area contributed by atoms with Gasteiger partial charge in [0.05, 0.1) is 32.0 Å². The molecule has 2 aromatic rings. The molecule has 0 bridgehead atoms. The third kappa shape index (κ3) is 3.80. The summed E-state index contributed by atoms with van der Waals surface area (Å²) in [4.78, 5) is -0.0358. The van der Waals surface area contributed by atoms with Crippen LogP contribution in [0.2, 0.25) is 5.02 Å². The van der Waals surface area contributed by atoms with Gasteiger partial charge in [0.1, 0.15) is 22.1 Å². The van der Waals surface area contributed by atoms with Gasteiger partial charge < -0.3 is 14.2 Å². The minimum absolute atomic E-state index is 0.0358. The molecular weight excluding hydrogens is 342 g/mol. The van der Waals surface area contributed by atoms with Gasteiger partial charge in [-0.25, -0.2) is 8.42 Å². The van der Waals surface area contributed by atoms with E-state index in [4.69, 9.17) is 25.8 Å². The summed E-state index contributed by atoms with van der Waals surface area (Å²) in [5, 5.41) is 0.297. The Balaban J connectivity index is 2.41. The van der Waals surface area contributed by atoms with Crippen LogP contribution in [-0.4, -0.2) is 29.7 Å². The first-order valence-corrected chi connectivity index (χ1v) is 8.35. The van der Waals surface area contributed by atoms with Crippen molar-refractivity contribution in [1.82, 2.24) is 0 Å². The maximum Gasteiger partial charge on any atom is 0.265 e. The number of ether oxygens (including phenoxy) is 3. The van der Waals surface area contributed by atoms with Crippen molar-refractivity contribution in [2.24, 2.45) is 0 Å². The third-order valence-electron chi connectivity index (χ3n) is 3.06. The van der Waals surface area contributed by atoms with E-state index in [-0.39, 0.29) is 10.6 Å². The molecule has 8 heteroatoms. The summed E-state index contributed by atoms with van der Waals surface area (Å²) < 4.78 is 42.8. The number of anilines is 1. The fourth-order valence-electron chi connectivity index (χ4n) is 1.93. The standard InChI is InChI=1S/C15H16ClNO5S/c1-20-11-5-7-14(22-3)15(9-11)23(18,19)17-10-4-6-13(21-2)12(16)8-10/h4-9,17H,1-3H3. The molecule has 1 N–H and O–H groups in total. The number of sulfonamides is 1. The molecular formula is C15H16ClNO5S. The Labute approximate surface area is 140 Å². The Morgan fingerprint density at radius 3 is 2.13 bits per heavy atom. The van der Waals surface area contributed by atoms with Gasteiger partial charge in [-0.15, -0.1) is 0 Å². The third-order valence-corrected chi connectivity index (χ3v) is 4.76. The van der Waals surface area contributed by atoms with Gasteiger partial charge in [-0.3, -0.25) is 4.72 Å². The fourth-order valence-corrected chi connectivity index (χ4v) is 3.43. The molecule has 0 fully saturated rings. The number of hydrogen-bond acceptors (Lipinski definition) is 5. The smallest absolute Gasteiger partial charge is 0.265 e. The Kier molecular flexibility index (Phi) is 5.23. The van der Waals surface area contributed by atoms with E-state index in [1.807, 2.05) is 0 Å². The van der Waals surface area contributed by atoms with Crippen molar-refractivity contribution in [2.75, 3.05) is 26.1 Å². The lowest BCUT2D eigenvalue weighted by Crippen LogP contribution is -2.14. The highest BCUT2D eigenvalue weighted by Gasteiger charge is 2.21. The van der Waals surface area contributed by atoms with E-state index < -0.39 is 10.0 Å². The molecule has 0 radical (unpaired) electrons.